The molecule has 35 valence electrons. The molecule has 2 heteroatoms. The maximum atomic E-state index is 2.17. The molecule has 0 N–H and O–H groups in total. The third-order valence-electron chi connectivity index (χ3n) is 0. The first-order valence-corrected chi connectivity index (χ1v) is 1.73. The van der Waals surface area contributed by atoms with Gasteiger partial charge in [0.25, 0.3) is 0 Å². The fraction of sp³-hybridized carbons (Fsp3) is 1.00. The molecule has 0 unspecified atom stereocenters. The average molecular weight is 386 g/mol. The van der Waals surface area contributed by atoms with Gasteiger partial charge in [0, 0.05) is 0 Å². The topological polar surface area (TPSA) is 0 Å². The van der Waals surface area contributed by atoms with Crippen LogP contribution in [0.25, 0.3) is 0 Å². The first-order chi connectivity index (χ1) is 1.73. The van der Waals surface area contributed by atoms with E-state index in [9.17, 15) is 0 Å². The third kappa shape index (κ3) is 44.5. The minimum absolute atomic E-state index is 0. The molecule has 0 nitrogen and oxygen atoms in total. The SMILES string of the molecule is CC(C)C.[Hg+].[I-]. The van der Waals surface area contributed by atoms with Crippen molar-refractivity contribution in [2.24, 2.45) is 5.92 Å². The Bertz CT molecular complexity index is 12.3. The van der Waals surface area contributed by atoms with Crippen molar-refractivity contribution in [2.45, 2.75) is 20.8 Å². The zero-order valence-electron chi connectivity index (χ0n) is 4.66. The number of hydrogen-bond acceptors (Lipinski definition) is 0. The summed E-state index contributed by atoms with van der Waals surface area (Å²) < 4.78 is 0. The minimum Gasteiger partial charge on any atom is -1.00 e. The van der Waals surface area contributed by atoms with Crippen LogP contribution in [0.1, 0.15) is 20.8 Å². The molecule has 0 saturated carbocycles. The maximum Gasteiger partial charge on any atom is 1.00 e. The van der Waals surface area contributed by atoms with Crippen molar-refractivity contribution in [1.29, 1.82) is 0 Å². The Morgan fingerprint density at radius 3 is 1.00 bits per heavy atom. The quantitative estimate of drug-likeness (QED) is 0.358. The molecule has 0 heterocycles. The van der Waals surface area contributed by atoms with Gasteiger partial charge in [0.15, 0.2) is 0 Å². The van der Waals surface area contributed by atoms with Crippen molar-refractivity contribution in [3.8, 4) is 0 Å². The van der Waals surface area contributed by atoms with Crippen LogP contribution in [-0.2, 0) is 27.7 Å². The van der Waals surface area contributed by atoms with E-state index in [0.717, 1.165) is 5.92 Å². The monoisotopic (exact) mass is 387 g/mol. The first-order valence-electron chi connectivity index (χ1n) is 1.73. The van der Waals surface area contributed by atoms with Crippen molar-refractivity contribution in [1.82, 2.24) is 0 Å². The van der Waals surface area contributed by atoms with Crippen LogP contribution in [0.15, 0.2) is 0 Å². The van der Waals surface area contributed by atoms with Gasteiger partial charge in [0.05, 0.1) is 0 Å². The first kappa shape index (κ1) is 15.6. The standard InChI is InChI=1S/C4H10.Hg.HI/c1-4(2)3;;/h4H,1-3H3;;1H/q;+1;/p-1. The Morgan fingerprint density at radius 1 is 1.00 bits per heavy atom. The van der Waals surface area contributed by atoms with Crippen LogP contribution in [0.2, 0.25) is 0 Å². The summed E-state index contributed by atoms with van der Waals surface area (Å²) in [6.45, 7) is 6.50. The van der Waals surface area contributed by atoms with Gasteiger partial charge in [-0.3, -0.25) is 0 Å². The van der Waals surface area contributed by atoms with Gasteiger partial charge in [-0.25, -0.2) is 0 Å². The summed E-state index contributed by atoms with van der Waals surface area (Å²) in [7, 11) is 0. The smallest absolute Gasteiger partial charge is 1.00 e. The summed E-state index contributed by atoms with van der Waals surface area (Å²) >= 11 is 0. The molecule has 0 atom stereocenters. The Morgan fingerprint density at radius 2 is 1.00 bits per heavy atom. The predicted molar refractivity (Wildman–Crippen MR) is 20.5 cm³/mol. The Kier molecular flexibility index (Phi) is 25.6. The molecule has 6 heavy (non-hydrogen) atoms. The van der Waals surface area contributed by atoms with Crippen molar-refractivity contribution in [2.75, 3.05) is 0 Å². The van der Waals surface area contributed by atoms with E-state index in [2.05, 4.69) is 20.8 Å². The minimum atomic E-state index is 0. The van der Waals surface area contributed by atoms with E-state index in [1.807, 2.05) is 0 Å². The van der Waals surface area contributed by atoms with E-state index in [1.165, 1.54) is 0 Å². The molecule has 0 aliphatic heterocycles. The maximum absolute atomic E-state index is 2.17. The summed E-state index contributed by atoms with van der Waals surface area (Å²) in [5.74, 6) is 0.833. The molecule has 0 rings (SSSR count). The molecule has 0 aliphatic carbocycles. The van der Waals surface area contributed by atoms with Gasteiger partial charge >= 0.3 is 27.7 Å². The van der Waals surface area contributed by atoms with E-state index >= 15 is 0 Å². The second-order valence-corrected chi connectivity index (χ2v) is 1.73. The predicted octanol–water partition coefficient (Wildman–Crippen LogP) is -1.34. The summed E-state index contributed by atoms with van der Waals surface area (Å²) in [5, 5.41) is 0. The van der Waals surface area contributed by atoms with Crippen LogP contribution < -0.4 is 24.0 Å². The molecule has 0 aliphatic rings. The van der Waals surface area contributed by atoms with Gasteiger partial charge in [-0.15, -0.1) is 0 Å². The van der Waals surface area contributed by atoms with Crippen LogP contribution in [0.3, 0.4) is 0 Å². The van der Waals surface area contributed by atoms with E-state index in [1.54, 1.807) is 0 Å². The molecule has 0 saturated heterocycles. The van der Waals surface area contributed by atoms with Gasteiger partial charge in [-0.1, -0.05) is 20.8 Å². The number of hydrogen-bond donors (Lipinski definition) is 0. The van der Waals surface area contributed by atoms with E-state index < -0.39 is 0 Å². The normalized spacial score (nSPS) is 6.00. The summed E-state index contributed by atoms with van der Waals surface area (Å²) in [6, 6.07) is 0. The van der Waals surface area contributed by atoms with E-state index in [-0.39, 0.29) is 51.6 Å². The van der Waals surface area contributed by atoms with Crippen LogP contribution in [0, 0.1) is 5.92 Å². The molecule has 1 radical (unpaired) electrons. The van der Waals surface area contributed by atoms with Gasteiger partial charge in [-0.05, 0) is 5.92 Å². The van der Waals surface area contributed by atoms with Crippen LogP contribution in [0.4, 0.5) is 0 Å². The van der Waals surface area contributed by atoms with Crippen molar-refractivity contribution in [3.05, 3.63) is 0 Å². The second-order valence-electron chi connectivity index (χ2n) is 1.73. The Balaban J connectivity index is -0.0000000450. The van der Waals surface area contributed by atoms with Crippen molar-refractivity contribution < 1.29 is 51.6 Å². The Labute approximate surface area is 77.6 Å². The zero-order valence-corrected chi connectivity index (χ0v) is 12.3. The summed E-state index contributed by atoms with van der Waals surface area (Å²) in [6.07, 6.45) is 0. The van der Waals surface area contributed by atoms with Gasteiger partial charge in [-0.2, -0.15) is 0 Å². The molecular formula is C4H10HgI. The van der Waals surface area contributed by atoms with Crippen molar-refractivity contribution >= 4 is 0 Å². The number of rotatable bonds is 0. The molecule has 0 amide bonds. The molecular weight excluding hydrogens is 376 g/mol. The second kappa shape index (κ2) is 9.83. The van der Waals surface area contributed by atoms with Crippen molar-refractivity contribution in [3.63, 3.8) is 0 Å². The third-order valence-corrected chi connectivity index (χ3v) is 0. The molecule has 0 fully saturated rings. The van der Waals surface area contributed by atoms with E-state index in [0.29, 0.717) is 0 Å². The summed E-state index contributed by atoms with van der Waals surface area (Å²) in [4.78, 5) is 0. The van der Waals surface area contributed by atoms with Gasteiger partial charge in [0.2, 0.25) is 0 Å². The van der Waals surface area contributed by atoms with Gasteiger partial charge < -0.3 is 24.0 Å². The molecule has 0 aromatic rings. The molecule has 0 bridgehead atoms. The van der Waals surface area contributed by atoms with Gasteiger partial charge in [0.1, 0.15) is 0 Å². The fourth-order valence-electron chi connectivity index (χ4n) is 0. The van der Waals surface area contributed by atoms with Crippen LogP contribution in [0.5, 0.6) is 0 Å². The van der Waals surface area contributed by atoms with E-state index in [4.69, 9.17) is 0 Å². The number of halogens is 1. The zero-order chi connectivity index (χ0) is 3.58. The largest absolute Gasteiger partial charge is 1.00 e. The Hall–Kier alpha value is 1.67. The fourth-order valence-corrected chi connectivity index (χ4v) is 0. The molecule has 0 aromatic carbocycles. The van der Waals surface area contributed by atoms with Crippen LogP contribution >= 0.6 is 0 Å². The molecule has 0 spiro atoms. The molecule has 0 aromatic heterocycles. The van der Waals surface area contributed by atoms with Crippen LogP contribution in [-0.4, -0.2) is 0 Å². The average Bonchev–Trinajstić information content (AvgIpc) is 0.811. The summed E-state index contributed by atoms with van der Waals surface area (Å²) in [5.41, 5.74) is 0.